The van der Waals surface area contributed by atoms with Crippen LogP contribution in [0.15, 0.2) is 36.7 Å². The van der Waals surface area contributed by atoms with Crippen LogP contribution in [0.1, 0.15) is 22.3 Å². The van der Waals surface area contributed by atoms with Crippen LogP contribution in [0, 0.1) is 0 Å². The lowest BCUT2D eigenvalue weighted by Gasteiger charge is -2.19. The van der Waals surface area contributed by atoms with Crippen molar-refractivity contribution < 1.29 is 27.4 Å². The largest absolute Gasteiger partial charge is 0.477 e. The van der Waals surface area contributed by atoms with Gasteiger partial charge in [-0.15, -0.1) is 0 Å². The normalized spacial score (nSPS) is 17.2. The molecule has 1 amide bonds. The molecule has 0 bridgehead atoms. The van der Waals surface area contributed by atoms with Crippen LogP contribution in [0.5, 0.6) is 11.8 Å². The van der Waals surface area contributed by atoms with E-state index in [9.17, 15) is 18.0 Å². The van der Waals surface area contributed by atoms with E-state index in [-0.39, 0.29) is 30.4 Å². The van der Waals surface area contributed by atoms with E-state index in [1.807, 2.05) is 0 Å². The zero-order chi connectivity index (χ0) is 18.7. The Labute approximate surface area is 147 Å². The van der Waals surface area contributed by atoms with Gasteiger partial charge in [0.2, 0.25) is 0 Å². The lowest BCUT2D eigenvalue weighted by Crippen LogP contribution is -2.32. The zero-order valence-electron chi connectivity index (χ0n) is 13.9. The van der Waals surface area contributed by atoms with E-state index in [4.69, 9.17) is 9.47 Å². The van der Waals surface area contributed by atoms with Crippen LogP contribution in [0.2, 0.25) is 0 Å². The molecule has 26 heavy (non-hydrogen) atoms. The molecule has 1 fully saturated rings. The second-order valence-corrected chi connectivity index (χ2v) is 5.69. The molecule has 0 N–H and O–H groups in total. The van der Waals surface area contributed by atoms with Gasteiger partial charge in [-0.05, 0) is 12.1 Å². The highest BCUT2D eigenvalue weighted by Gasteiger charge is 2.37. The van der Waals surface area contributed by atoms with Gasteiger partial charge in [-0.3, -0.25) is 4.79 Å². The molecule has 2 heterocycles. The summed E-state index contributed by atoms with van der Waals surface area (Å²) in [4.78, 5) is 21.9. The minimum absolute atomic E-state index is 0.157. The molecule has 9 heteroatoms. The molecule has 1 saturated heterocycles. The lowest BCUT2D eigenvalue weighted by molar-refractivity contribution is -0.138. The molecular weight excluding hydrogens is 351 g/mol. The van der Waals surface area contributed by atoms with Gasteiger partial charge >= 0.3 is 6.18 Å². The molecule has 138 valence electrons. The maximum atomic E-state index is 13.1. The topological polar surface area (TPSA) is 64.6 Å². The third-order valence-electron chi connectivity index (χ3n) is 4.00. The zero-order valence-corrected chi connectivity index (χ0v) is 13.9. The van der Waals surface area contributed by atoms with Crippen LogP contribution in [0.4, 0.5) is 13.2 Å². The van der Waals surface area contributed by atoms with Crippen molar-refractivity contribution in [1.29, 1.82) is 0 Å². The number of amides is 1. The lowest BCUT2D eigenvalue weighted by atomic mass is 10.1. The number of aromatic nitrogens is 2. The standard InChI is InChI=1S/C17H16F3N3O3/c1-25-14-15(22-8-7-21-14)26-11-6-9-23(10-11)16(24)12-4-2-3-5-13(12)17(18,19)20/h2-5,7-8,11H,6,9-10H2,1H3/t11-/m0/s1. The number of hydrogen-bond donors (Lipinski definition) is 0. The van der Waals surface area contributed by atoms with Crippen molar-refractivity contribution in [3.63, 3.8) is 0 Å². The highest BCUT2D eigenvalue weighted by Crippen LogP contribution is 2.33. The molecule has 0 aliphatic carbocycles. The van der Waals surface area contributed by atoms with Gasteiger partial charge in [0.05, 0.1) is 24.8 Å². The first-order valence-corrected chi connectivity index (χ1v) is 7.87. The molecule has 0 spiro atoms. The number of halogens is 3. The van der Waals surface area contributed by atoms with E-state index in [2.05, 4.69) is 9.97 Å². The van der Waals surface area contributed by atoms with Gasteiger partial charge in [0.1, 0.15) is 6.10 Å². The first kappa shape index (κ1) is 18.0. The van der Waals surface area contributed by atoms with Gasteiger partial charge in [-0.2, -0.15) is 13.2 Å². The van der Waals surface area contributed by atoms with E-state index in [0.717, 1.165) is 6.07 Å². The van der Waals surface area contributed by atoms with E-state index in [1.54, 1.807) is 0 Å². The summed E-state index contributed by atoms with van der Waals surface area (Å²) in [6, 6.07) is 4.76. The van der Waals surface area contributed by atoms with Crippen molar-refractivity contribution in [2.45, 2.75) is 18.7 Å². The Balaban J connectivity index is 1.72. The van der Waals surface area contributed by atoms with Crippen molar-refractivity contribution >= 4 is 5.91 Å². The monoisotopic (exact) mass is 367 g/mol. The first-order valence-electron chi connectivity index (χ1n) is 7.87. The smallest absolute Gasteiger partial charge is 0.417 e. The Kier molecular flexibility index (Phi) is 4.97. The summed E-state index contributed by atoms with van der Waals surface area (Å²) in [5.74, 6) is -0.278. The summed E-state index contributed by atoms with van der Waals surface area (Å²) in [5, 5.41) is 0. The number of nitrogens with zero attached hydrogens (tertiary/aromatic N) is 3. The summed E-state index contributed by atoms with van der Waals surface area (Å²) in [6.45, 7) is 0.447. The number of benzene rings is 1. The summed E-state index contributed by atoms with van der Waals surface area (Å²) in [7, 11) is 1.43. The number of likely N-dealkylation sites (tertiary alicyclic amines) is 1. The third-order valence-corrected chi connectivity index (χ3v) is 4.00. The van der Waals surface area contributed by atoms with E-state index < -0.39 is 23.8 Å². The van der Waals surface area contributed by atoms with E-state index in [0.29, 0.717) is 6.42 Å². The highest BCUT2D eigenvalue weighted by atomic mass is 19.4. The van der Waals surface area contributed by atoms with Gasteiger partial charge in [-0.25, -0.2) is 9.97 Å². The number of hydrogen-bond acceptors (Lipinski definition) is 5. The van der Waals surface area contributed by atoms with Crippen LogP contribution in [-0.4, -0.2) is 47.1 Å². The molecule has 6 nitrogen and oxygen atoms in total. The van der Waals surface area contributed by atoms with Gasteiger partial charge in [0.25, 0.3) is 17.7 Å². The second-order valence-electron chi connectivity index (χ2n) is 5.69. The van der Waals surface area contributed by atoms with E-state index >= 15 is 0 Å². The van der Waals surface area contributed by atoms with Crippen molar-refractivity contribution in [2.24, 2.45) is 0 Å². The summed E-state index contributed by atoms with van der Waals surface area (Å²) < 4.78 is 50.1. The minimum Gasteiger partial charge on any atom is -0.477 e. The summed E-state index contributed by atoms with van der Waals surface area (Å²) in [6.07, 6.45) is -1.63. The van der Waals surface area contributed by atoms with Crippen LogP contribution in [0.3, 0.4) is 0 Å². The Morgan fingerprint density at radius 2 is 1.88 bits per heavy atom. The van der Waals surface area contributed by atoms with Crippen LogP contribution >= 0.6 is 0 Å². The molecule has 3 rings (SSSR count). The Hall–Kier alpha value is -2.84. The Bertz CT molecular complexity index is 798. The fourth-order valence-electron chi connectivity index (χ4n) is 2.79. The van der Waals surface area contributed by atoms with Crippen LogP contribution < -0.4 is 9.47 Å². The van der Waals surface area contributed by atoms with Gasteiger partial charge in [-0.1, -0.05) is 12.1 Å². The molecule has 0 radical (unpaired) electrons. The Morgan fingerprint density at radius 1 is 1.19 bits per heavy atom. The number of rotatable bonds is 4. The average Bonchev–Trinajstić information content (AvgIpc) is 3.09. The fourth-order valence-corrected chi connectivity index (χ4v) is 2.79. The van der Waals surface area contributed by atoms with E-state index in [1.165, 1.54) is 42.6 Å². The molecule has 1 aromatic carbocycles. The summed E-state index contributed by atoms with van der Waals surface area (Å²) in [5.41, 5.74) is -1.30. The molecule has 1 aromatic heterocycles. The maximum absolute atomic E-state index is 13.1. The third kappa shape index (κ3) is 3.71. The maximum Gasteiger partial charge on any atom is 0.417 e. The van der Waals surface area contributed by atoms with Crippen molar-refractivity contribution in [3.8, 4) is 11.8 Å². The van der Waals surface area contributed by atoms with Crippen molar-refractivity contribution in [2.75, 3.05) is 20.2 Å². The number of methoxy groups -OCH3 is 1. The van der Waals surface area contributed by atoms with Gasteiger partial charge in [0, 0.05) is 25.4 Å². The van der Waals surface area contributed by atoms with Crippen LogP contribution in [0.25, 0.3) is 0 Å². The fraction of sp³-hybridized carbons (Fsp3) is 0.353. The highest BCUT2D eigenvalue weighted by molar-refractivity contribution is 5.96. The molecular formula is C17H16F3N3O3. The molecule has 1 atom stereocenters. The number of alkyl halides is 3. The second kappa shape index (κ2) is 7.19. The molecule has 0 unspecified atom stereocenters. The van der Waals surface area contributed by atoms with Crippen molar-refractivity contribution in [1.82, 2.24) is 14.9 Å². The Morgan fingerprint density at radius 3 is 2.58 bits per heavy atom. The number of ether oxygens (including phenoxy) is 2. The predicted octanol–water partition coefficient (Wildman–Crippen LogP) is 2.80. The number of carbonyl (C=O) groups is 1. The van der Waals surface area contributed by atoms with Crippen LogP contribution in [-0.2, 0) is 6.18 Å². The molecule has 2 aromatic rings. The number of carbonyl (C=O) groups excluding carboxylic acids is 1. The summed E-state index contributed by atoms with van der Waals surface area (Å²) >= 11 is 0. The minimum atomic E-state index is -4.59. The molecule has 1 aliphatic rings. The quantitative estimate of drug-likeness (QED) is 0.832. The molecule has 1 aliphatic heterocycles. The first-order chi connectivity index (χ1) is 12.4. The van der Waals surface area contributed by atoms with Gasteiger partial charge < -0.3 is 14.4 Å². The predicted molar refractivity (Wildman–Crippen MR) is 85.0 cm³/mol. The average molecular weight is 367 g/mol. The molecule has 0 saturated carbocycles. The van der Waals surface area contributed by atoms with Crippen molar-refractivity contribution in [3.05, 3.63) is 47.8 Å². The SMILES string of the molecule is COc1nccnc1O[C@H]1CCN(C(=O)c2ccccc2C(F)(F)F)C1. The van der Waals surface area contributed by atoms with Gasteiger partial charge in [0.15, 0.2) is 0 Å².